The minimum absolute atomic E-state index is 0.322. The van der Waals surface area contributed by atoms with Gasteiger partial charge < -0.3 is 4.57 Å². The van der Waals surface area contributed by atoms with Crippen molar-refractivity contribution in [3.8, 4) is 0 Å². The number of rotatable bonds is 3. The number of benzene rings is 1. The Hall–Kier alpha value is -1.83. The number of aryl methyl sites for hydroxylation is 1. The van der Waals surface area contributed by atoms with Crippen LogP contribution < -0.4 is 0 Å². The van der Waals surface area contributed by atoms with Gasteiger partial charge in [-0.05, 0) is 30.9 Å². The van der Waals surface area contributed by atoms with Gasteiger partial charge in [-0.25, -0.2) is 0 Å². The summed E-state index contributed by atoms with van der Waals surface area (Å²) in [5, 5.41) is 0. The van der Waals surface area contributed by atoms with Crippen LogP contribution in [0.3, 0.4) is 0 Å². The van der Waals surface area contributed by atoms with Crippen LogP contribution in [0.15, 0.2) is 36.4 Å². The summed E-state index contributed by atoms with van der Waals surface area (Å²) >= 11 is 0. The van der Waals surface area contributed by atoms with Gasteiger partial charge in [0.1, 0.15) is 0 Å². The predicted octanol–water partition coefficient (Wildman–Crippen LogP) is 4.64. The maximum absolute atomic E-state index is 12.0. The van der Waals surface area contributed by atoms with Crippen LogP contribution in [-0.4, -0.2) is 10.4 Å². The van der Waals surface area contributed by atoms with Crippen LogP contribution in [-0.2, 0) is 19.4 Å². The third-order valence-corrected chi connectivity index (χ3v) is 3.96. The van der Waals surface area contributed by atoms with E-state index >= 15 is 0 Å². The van der Waals surface area contributed by atoms with Crippen LogP contribution in [0.5, 0.6) is 0 Å². The van der Waals surface area contributed by atoms with Crippen molar-refractivity contribution >= 4 is 5.78 Å². The third kappa shape index (κ3) is 3.26. The van der Waals surface area contributed by atoms with Gasteiger partial charge in [0.05, 0.1) is 0 Å². The van der Waals surface area contributed by atoms with E-state index in [0.29, 0.717) is 12.2 Å². The first-order chi connectivity index (χ1) is 10.3. The topological polar surface area (TPSA) is 22.0 Å². The number of Topliss-reactive ketones (excluding diaryl/α,β-unsaturated/α-hetero) is 1. The lowest BCUT2D eigenvalue weighted by Gasteiger charge is -2.16. The van der Waals surface area contributed by atoms with Crippen molar-refractivity contribution in [2.75, 3.05) is 0 Å². The predicted molar refractivity (Wildman–Crippen MR) is 88.0 cm³/mol. The summed E-state index contributed by atoms with van der Waals surface area (Å²) in [4.78, 5) is 12.0. The summed E-state index contributed by atoms with van der Waals surface area (Å²) in [6, 6.07) is 12.6. The molecular formula is C19H25NO. The zero-order valence-corrected chi connectivity index (χ0v) is 13.4. The van der Waals surface area contributed by atoms with Crippen molar-refractivity contribution in [1.29, 1.82) is 0 Å². The lowest BCUT2D eigenvalue weighted by atomic mass is 9.96. The van der Waals surface area contributed by atoms with Crippen LogP contribution >= 0.6 is 0 Å². The molecule has 0 amide bonds. The summed E-state index contributed by atoms with van der Waals surface area (Å²) in [6.07, 6.45) is 3.72. The second kappa shape index (κ2) is 7.26. The second-order valence-corrected chi connectivity index (χ2v) is 5.20. The molecule has 0 radical (unpaired) electrons. The maximum atomic E-state index is 12.0. The van der Waals surface area contributed by atoms with Crippen LogP contribution in [0.4, 0.5) is 0 Å². The van der Waals surface area contributed by atoms with Gasteiger partial charge in [0, 0.05) is 29.9 Å². The molecule has 21 heavy (non-hydrogen) atoms. The van der Waals surface area contributed by atoms with E-state index in [4.69, 9.17) is 0 Å². The zero-order valence-electron chi connectivity index (χ0n) is 13.4. The molecule has 0 atom stereocenters. The second-order valence-electron chi connectivity index (χ2n) is 5.20. The highest BCUT2D eigenvalue weighted by Gasteiger charge is 2.23. The molecule has 3 rings (SSSR count). The Labute approximate surface area is 127 Å². The molecule has 0 unspecified atom stereocenters. The highest BCUT2D eigenvalue weighted by Crippen LogP contribution is 2.26. The lowest BCUT2D eigenvalue weighted by Crippen LogP contribution is -2.14. The summed E-state index contributed by atoms with van der Waals surface area (Å²) < 4.78 is 2.35. The van der Waals surface area contributed by atoms with E-state index in [1.54, 1.807) is 0 Å². The Morgan fingerprint density at radius 2 is 1.81 bits per heavy atom. The van der Waals surface area contributed by atoms with Gasteiger partial charge in [-0.2, -0.15) is 0 Å². The molecule has 1 aromatic carbocycles. The van der Waals surface area contributed by atoms with Crippen molar-refractivity contribution in [3.63, 3.8) is 0 Å². The molecule has 2 nitrogen and oxygen atoms in total. The van der Waals surface area contributed by atoms with Gasteiger partial charge in [-0.15, -0.1) is 0 Å². The van der Waals surface area contributed by atoms with E-state index in [9.17, 15) is 4.79 Å². The molecule has 0 saturated heterocycles. The quantitative estimate of drug-likeness (QED) is 0.804. The van der Waals surface area contributed by atoms with Gasteiger partial charge in [0.15, 0.2) is 5.78 Å². The standard InChI is InChI=1S/C17H19NO.C2H6/c1-2-14-11-15-16(9-6-10-17(15)19)18(14)12-13-7-4-3-5-8-13;1-2/h3-5,7-8,11H,2,6,9-10,12H2,1H3;1-2H3. The van der Waals surface area contributed by atoms with Gasteiger partial charge >= 0.3 is 0 Å². The molecule has 2 aromatic rings. The van der Waals surface area contributed by atoms with Gasteiger partial charge in [-0.1, -0.05) is 51.1 Å². The summed E-state index contributed by atoms with van der Waals surface area (Å²) in [5.41, 5.74) is 4.80. The Morgan fingerprint density at radius 1 is 1.10 bits per heavy atom. The Balaban J connectivity index is 0.000000774. The number of hydrogen-bond donors (Lipinski definition) is 0. The van der Waals surface area contributed by atoms with Crippen molar-refractivity contribution in [2.45, 2.75) is 53.0 Å². The van der Waals surface area contributed by atoms with Crippen LogP contribution in [0.1, 0.15) is 60.9 Å². The maximum Gasteiger partial charge on any atom is 0.164 e. The van der Waals surface area contributed by atoms with E-state index in [1.807, 2.05) is 19.9 Å². The van der Waals surface area contributed by atoms with E-state index in [1.165, 1.54) is 17.0 Å². The molecule has 0 fully saturated rings. The number of ketones is 1. The Bertz CT molecular complexity index is 596. The number of carbonyl (C=O) groups excluding carboxylic acids is 1. The van der Waals surface area contributed by atoms with Gasteiger partial charge in [0.2, 0.25) is 0 Å². The number of nitrogens with zero attached hydrogens (tertiary/aromatic N) is 1. The molecule has 1 aliphatic rings. The van der Waals surface area contributed by atoms with E-state index in [-0.39, 0.29) is 0 Å². The number of aromatic nitrogens is 1. The van der Waals surface area contributed by atoms with Gasteiger partial charge in [0.25, 0.3) is 0 Å². The molecule has 1 aromatic heterocycles. The highest BCUT2D eigenvalue weighted by molar-refractivity contribution is 5.98. The van der Waals surface area contributed by atoms with E-state index < -0.39 is 0 Å². The highest BCUT2D eigenvalue weighted by atomic mass is 16.1. The molecule has 0 spiro atoms. The fraction of sp³-hybridized carbons (Fsp3) is 0.421. The minimum atomic E-state index is 0.322. The van der Waals surface area contributed by atoms with Crippen LogP contribution in [0, 0.1) is 0 Å². The minimum Gasteiger partial charge on any atom is -0.344 e. The first kappa shape index (κ1) is 15.6. The fourth-order valence-electron chi connectivity index (χ4n) is 2.96. The van der Waals surface area contributed by atoms with Crippen molar-refractivity contribution in [2.24, 2.45) is 0 Å². The monoisotopic (exact) mass is 283 g/mol. The summed E-state index contributed by atoms with van der Waals surface area (Å²) in [5.74, 6) is 0.322. The van der Waals surface area contributed by atoms with Crippen LogP contribution in [0.25, 0.3) is 0 Å². The van der Waals surface area contributed by atoms with Crippen LogP contribution in [0.2, 0.25) is 0 Å². The number of fused-ring (bicyclic) bond motifs is 1. The average molecular weight is 283 g/mol. The molecule has 0 bridgehead atoms. The molecule has 0 aliphatic heterocycles. The van der Waals surface area contributed by atoms with Crippen molar-refractivity contribution in [1.82, 2.24) is 4.57 Å². The fourth-order valence-corrected chi connectivity index (χ4v) is 2.96. The normalized spacial score (nSPS) is 13.4. The molecule has 1 aliphatic carbocycles. The largest absolute Gasteiger partial charge is 0.344 e. The molecule has 112 valence electrons. The molecule has 0 saturated carbocycles. The Morgan fingerprint density at radius 3 is 2.48 bits per heavy atom. The smallest absolute Gasteiger partial charge is 0.164 e. The molecule has 2 heteroatoms. The molecular weight excluding hydrogens is 258 g/mol. The zero-order chi connectivity index (χ0) is 15.2. The average Bonchev–Trinajstić information content (AvgIpc) is 2.90. The van der Waals surface area contributed by atoms with Crippen molar-refractivity contribution < 1.29 is 4.79 Å². The van der Waals surface area contributed by atoms with E-state index in [0.717, 1.165) is 31.4 Å². The van der Waals surface area contributed by atoms with Crippen molar-refractivity contribution in [3.05, 3.63) is 58.9 Å². The number of hydrogen-bond acceptors (Lipinski definition) is 1. The molecule has 1 heterocycles. The first-order valence-corrected chi connectivity index (χ1v) is 8.08. The summed E-state index contributed by atoms with van der Waals surface area (Å²) in [7, 11) is 0. The van der Waals surface area contributed by atoms with Gasteiger partial charge in [-0.3, -0.25) is 4.79 Å². The lowest BCUT2D eigenvalue weighted by molar-refractivity contribution is 0.0972. The number of carbonyl (C=O) groups is 1. The Kier molecular flexibility index (Phi) is 5.38. The SMILES string of the molecule is CC.CCc1cc2c(n1Cc1ccccc1)CCCC2=O. The third-order valence-electron chi connectivity index (χ3n) is 3.96. The summed E-state index contributed by atoms with van der Waals surface area (Å²) in [6.45, 7) is 7.04. The first-order valence-electron chi connectivity index (χ1n) is 8.08. The van der Waals surface area contributed by atoms with E-state index in [2.05, 4.69) is 41.8 Å². The molecule has 0 N–H and O–H groups in total.